The van der Waals surface area contributed by atoms with Gasteiger partial charge in [-0.25, -0.2) is 24.1 Å². The van der Waals surface area contributed by atoms with E-state index in [4.69, 9.17) is 15.5 Å². The molecule has 3 heterocycles. The Hall–Kier alpha value is -4.90. The van der Waals surface area contributed by atoms with Gasteiger partial charge in [-0.2, -0.15) is 0 Å². The van der Waals surface area contributed by atoms with Gasteiger partial charge in [0, 0.05) is 23.5 Å². The van der Waals surface area contributed by atoms with Crippen LogP contribution < -0.4 is 15.8 Å². The van der Waals surface area contributed by atoms with Crippen LogP contribution in [-0.4, -0.2) is 51.2 Å². The first-order chi connectivity index (χ1) is 18.9. The van der Waals surface area contributed by atoms with E-state index in [1.54, 1.807) is 12.3 Å². The maximum absolute atomic E-state index is 14.1. The smallest absolute Gasteiger partial charge is 0.340 e. The van der Waals surface area contributed by atoms with Gasteiger partial charge in [-0.3, -0.25) is 4.98 Å². The third-order valence-electron chi connectivity index (χ3n) is 5.89. The van der Waals surface area contributed by atoms with Gasteiger partial charge in [0.05, 0.1) is 47.8 Å². The Labute approximate surface area is 223 Å². The van der Waals surface area contributed by atoms with Crippen molar-refractivity contribution in [2.75, 3.05) is 25.6 Å². The summed E-state index contributed by atoms with van der Waals surface area (Å²) in [6.45, 7) is 2.91. The summed E-state index contributed by atoms with van der Waals surface area (Å²) >= 11 is 0. The number of aryl methyl sites for hydroxylation is 1. The summed E-state index contributed by atoms with van der Waals surface area (Å²) < 4.78 is 24.3. The Morgan fingerprint density at radius 1 is 1.08 bits per heavy atom. The number of anilines is 1. The molecule has 4 N–H and O–H groups in total. The molecule has 10 nitrogen and oxygen atoms in total. The highest BCUT2D eigenvalue weighted by molar-refractivity contribution is 5.90. The number of imidazole rings is 1. The molecule has 0 radical (unpaired) electrons. The number of aromatic amines is 1. The fourth-order valence-electron chi connectivity index (χ4n) is 4.05. The number of benzene rings is 2. The second kappa shape index (κ2) is 11.2. The van der Waals surface area contributed by atoms with E-state index in [1.165, 1.54) is 19.2 Å². The highest BCUT2D eigenvalue weighted by atomic mass is 19.1. The van der Waals surface area contributed by atoms with Crippen LogP contribution in [-0.2, 0) is 11.3 Å². The normalized spacial score (nSPS) is 11.0. The quantitative estimate of drug-likeness (QED) is 0.240. The Morgan fingerprint density at radius 2 is 1.95 bits per heavy atom. The molecule has 0 atom stereocenters. The number of halogens is 1. The van der Waals surface area contributed by atoms with Crippen molar-refractivity contribution < 1.29 is 18.7 Å². The van der Waals surface area contributed by atoms with E-state index in [0.717, 1.165) is 17.0 Å². The molecule has 198 valence electrons. The molecule has 5 aromatic rings. The van der Waals surface area contributed by atoms with E-state index in [0.29, 0.717) is 53.0 Å². The van der Waals surface area contributed by atoms with Gasteiger partial charge in [0.2, 0.25) is 5.88 Å². The van der Waals surface area contributed by atoms with Crippen molar-refractivity contribution in [3.8, 4) is 28.5 Å². The van der Waals surface area contributed by atoms with Crippen molar-refractivity contribution in [2.45, 2.75) is 13.5 Å². The van der Waals surface area contributed by atoms with Crippen LogP contribution in [0.3, 0.4) is 0 Å². The van der Waals surface area contributed by atoms with E-state index in [-0.39, 0.29) is 12.1 Å². The lowest BCUT2D eigenvalue weighted by Gasteiger charge is -2.07. The van der Waals surface area contributed by atoms with Crippen LogP contribution >= 0.6 is 0 Å². The number of fused-ring (bicyclic) bond motifs is 1. The van der Waals surface area contributed by atoms with Crippen molar-refractivity contribution in [1.82, 2.24) is 24.9 Å². The zero-order valence-corrected chi connectivity index (χ0v) is 21.4. The molecule has 0 aliphatic heterocycles. The van der Waals surface area contributed by atoms with E-state index in [1.807, 2.05) is 43.3 Å². The standard InChI is InChI=1S/C28H26FN7O3/c1-16-4-3-5-22(33-16)27-26(17-6-9-21-23(12-17)34-25(15-32-21)39-11-10-30)35-24(36-27)14-31-18-7-8-20(29)19(13-18)28(37)38-2/h3-9,12-13,15,31H,10-11,14,30H2,1-2H3,(H,35,36). The number of esters is 1. The fourth-order valence-corrected chi connectivity index (χ4v) is 4.05. The zero-order chi connectivity index (χ0) is 27.4. The Balaban J connectivity index is 1.50. The van der Waals surface area contributed by atoms with Gasteiger partial charge >= 0.3 is 5.97 Å². The van der Waals surface area contributed by atoms with Crippen molar-refractivity contribution in [2.24, 2.45) is 5.73 Å². The lowest BCUT2D eigenvalue weighted by molar-refractivity contribution is 0.0595. The molecule has 5 rings (SSSR count). The molecule has 0 aliphatic carbocycles. The number of nitrogens with two attached hydrogens (primary N) is 1. The number of aromatic nitrogens is 5. The predicted octanol–water partition coefficient (Wildman–Crippen LogP) is 4.27. The Morgan fingerprint density at radius 3 is 2.74 bits per heavy atom. The van der Waals surface area contributed by atoms with Gasteiger partial charge in [0.15, 0.2) is 0 Å². The van der Waals surface area contributed by atoms with E-state index < -0.39 is 11.8 Å². The third kappa shape index (κ3) is 5.68. The molecule has 0 aliphatic rings. The van der Waals surface area contributed by atoms with Crippen molar-refractivity contribution in [1.29, 1.82) is 0 Å². The van der Waals surface area contributed by atoms with Gasteiger partial charge in [0.1, 0.15) is 23.9 Å². The lowest BCUT2D eigenvalue weighted by atomic mass is 10.1. The van der Waals surface area contributed by atoms with E-state index >= 15 is 0 Å². The number of nitrogens with zero attached hydrogens (tertiary/aromatic N) is 4. The van der Waals surface area contributed by atoms with Crippen molar-refractivity contribution in [3.05, 3.63) is 83.7 Å². The molecule has 3 aromatic heterocycles. The highest BCUT2D eigenvalue weighted by Crippen LogP contribution is 2.31. The number of carbonyl (C=O) groups is 1. The number of rotatable bonds is 9. The molecule has 0 saturated heterocycles. The average molecular weight is 528 g/mol. The summed E-state index contributed by atoms with van der Waals surface area (Å²) in [5.74, 6) is -0.402. The third-order valence-corrected chi connectivity index (χ3v) is 5.89. The van der Waals surface area contributed by atoms with E-state index in [9.17, 15) is 9.18 Å². The SMILES string of the molecule is COC(=O)c1cc(NCc2nc(-c3cccc(C)n3)c(-c3ccc4ncc(OCCN)nc4c3)[nH]2)ccc1F. The summed E-state index contributed by atoms with van der Waals surface area (Å²) in [7, 11) is 1.21. The average Bonchev–Trinajstić information content (AvgIpc) is 3.39. The van der Waals surface area contributed by atoms with Crippen LogP contribution in [0.4, 0.5) is 10.1 Å². The summed E-state index contributed by atoms with van der Waals surface area (Å²) in [5, 5.41) is 3.18. The molecule has 0 bridgehead atoms. The number of carbonyl (C=O) groups excluding carboxylic acids is 1. The van der Waals surface area contributed by atoms with Crippen LogP contribution in [0.15, 0.2) is 60.8 Å². The molecule has 0 fully saturated rings. The minimum absolute atomic E-state index is 0.153. The van der Waals surface area contributed by atoms with Crippen molar-refractivity contribution >= 4 is 22.7 Å². The summed E-state index contributed by atoms with van der Waals surface area (Å²) in [4.78, 5) is 33.7. The molecule has 0 saturated carbocycles. The minimum atomic E-state index is -0.750. The van der Waals surface area contributed by atoms with Crippen LogP contribution in [0.25, 0.3) is 33.7 Å². The molecular weight excluding hydrogens is 501 g/mol. The van der Waals surface area contributed by atoms with Crippen LogP contribution in [0, 0.1) is 12.7 Å². The number of ether oxygens (including phenoxy) is 2. The van der Waals surface area contributed by atoms with E-state index in [2.05, 4.69) is 30.0 Å². The van der Waals surface area contributed by atoms with Gasteiger partial charge in [-0.05, 0) is 49.4 Å². The molecule has 39 heavy (non-hydrogen) atoms. The van der Waals surface area contributed by atoms with Gasteiger partial charge in [-0.15, -0.1) is 0 Å². The Kier molecular flexibility index (Phi) is 7.41. The second-order valence-electron chi connectivity index (χ2n) is 8.66. The molecule has 0 amide bonds. The predicted molar refractivity (Wildman–Crippen MR) is 145 cm³/mol. The topological polar surface area (TPSA) is 141 Å². The van der Waals surface area contributed by atoms with Gasteiger partial charge in [-0.1, -0.05) is 12.1 Å². The monoisotopic (exact) mass is 527 g/mol. The maximum atomic E-state index is 14.1. The zero-order valence-electron chi connectivity index (χ0n) is 21.4. The summed E-state index contributed by atoms with van der Waals surface area (Å²) in [6.07, 6.45) is 1.57. The van der Waals surface area contributed by atoms with Crippen LogP contribution in [0.5, 0.6) is 5.88 Å². The first-order valence-electron chi connectivity index (χ1n) is 12.2. The van der Waals surface area contributed by atoms with Crippen LogP contribution in [0.2, 0.25) is 0 Å². The molecular formula is C28H26FN7O3. The molecule has 2 aromatic carbocycles. The molecule has 0 unspecified atom stereocenters. The first kappa shape index (κ1) is 25.7. The minimum Gasteiger partial charge on any atom is -0.475 e. The van der Waals surface area contributed by atoms with Gasteiger partial charge in [0.25, 0.3) is 0 Å². The largest absolute Gasteiger partial charge is 0.475 e. The fraction of sp³-hybridized carbons (Fsp3) is 0.179. The number of nitrogens with one attached hydrogen (secondary N) is 2. The summed E-state index contributed by atoms with van der Waals surface area (Å²) in [5.41, 5.74) is 11.1. The lowest BCUT2D eigenvalue weighted by Crippen LogP contribution is -2.11. The number of hydrogen-bond acceptors (Lipinski definition) is 9. The highest BCUT2D eigenvalue weighted by Gasteiger charge is 2.17. The number of pyridine rings is 1. The first-order valence-corrected chi connectivity index (χ1v) is 12.2. The summed E-state index contributed by atoms with van der Waals surface area (Å²) in [6, 6.07) is 15.6. The number of H-pyrrole nitrogens is 1. The second-order valence-corrected chi connectivity index (χ2v) is 8.66. The van der Waals surface area contributed by atoms with Crippen molar-refractivity contribution in [3.63, 3.8) is 0 Å². The maximum Gasteiger partial charge on any atom is 0.340 e. The number of hydrogen-bond donors (Lipinski definition) is 3. The van der Waals surface area contributed by atoms with Crippen LogP contribution in [0.1, 0.15) is 21.9 Å². The molecule has 0 spiro atoms. The number of methoxy groups -OCH3 is 1. The van der Waals surface area contributed by atoms with Gasteiger partial charge < -0.3 is 25.5 Å². The Bertz CT molecular complexity index is 1650. The molecule has 11 heteroatoms.